The van der Waals surface area contributed by atoms with Gasteiger partial charge < -0.3 is 5.32 Å². The monoisotopic (exact) mass is 419 g/mol. The highest BCUT2D eigenvalue weighted by Crippen LogP contribution is 2.38. The molecule has 0 radical (unpaired) electrons. The number of hydrogen-bond donors (Lipinski definition) is 2. The average Bonchev–Trinajstić information content (AvgIpc) is 3.52. The van der Waals surface area contributed by atoms with Crippen molar-refractivity contribution in [3.8, 4) is 11.4 Å². The van der Waals surface area contributed by atoms with Crippen molar-refractivity contribution in [2.24, 2.45) is 0 Å². The smallest absolute Gasteiger partial charge is 0.255 e. The number of H-pyrrole nitrogens is 1. The summed E-state index contributed by atoms with van der Waals surface area (Å²) in [7, 11) is 0. The van der Waals surface area contributed by atoms with E-state index in [1.54, 1.807) is 0 Å². The number of amides is 1. The predicted octanol–water partition coefficient (Wildman–Crippen LogP) is 4.15. The lowest BCUT2D eigenvalue weighted by atomic mass is 10.1. The van der Waals surface area contributed by atoms with E-state index in [2.05, 4.69) is 31.5 Å². The van der Waals surface area contributed by atoms with E-state index in [1.807, 2.05) is 54.2 Å². The molecule has 2 fully saturated rings. The molecule has 6 nitrogen and oxygen atoms in total. The molecule has 30 heavy (non-hydrogen) atoms. The Morgan fingerprint density at radius 2 is 1.93 bits per heavy atom. The van der Waals surface area contributed by atoms with Crippen molar-refractivity contribution in [1.82, 2.24) is 20.1 Å². The molecular weight excluding hydrogens is 394 g/mol. The standard InChI is InChI=1S/C23H25N5OS/c29-23(19-3-1-2-16(14-19)15-28-10-12-30-13-11-28)24-20-8-6-18(7-9-20)22-25-21(26-27-22)17-4-5-17/h1-3,6-9,14,17H,4-5,10-13,15H2,(H,24,29)(H,25,26,27). The zero-order valence-electron chi connectivity index (χ0n) is 16.8. The van der Waals surface area contributed by atoms with Gasteiger partial charge in [0.05, 0.1) is 0 Å². The number of aromatic nitrogens is 3. The first-order chi connectivity index (χ1) is 14.7. The van der Waals surface area contributed by atoms with Crippen LogP contribution in [-0.2, 0) is 6.54 Å². The molecule has 154 valence electrons. The quantitative estimate of drug-likeness (QED) is 0.628. The predicted molar refractivity (Wildman–Crippen MR) is 121 cm³/mol. The summed E-state index contributed by atoms with van der Waals surface area (Å²) in [5.41, 5.74) is 3.57. The minimum absolute atomic E-state index is 0.0901. The largest absolute Gasteiger partial charge is 0.322 e. The Hall–Kier alpha value is -2.64. The molecule has 0 spiro atoms. The first-order valence-electron chi connectivity index (χ1n) is 10.5. The Kier molecular flexibility index (Phi) is 5.55. The van der Waals surface area contributed by atoms with Gasteiger partial charge in [-0.1, -0.05) is 12.1 Å². The maximum atomic E-state index is 12.7. The second-order valence-corrected chi connectivity index (χ2v) is 9.16. The van der Waals surface area contributed by atoms with Gasteiger partial charge in [-0.05, 0) is 54.8 Å². The molecule has 1 aromatic heterocycles. The zero-order valence-corrected chi connectivity index (χ0v) is 17.6. The summed E-state index contributed by atoms with van der Waals surface area (Å²) in [4.78, 5) is 19.8. The van der Waals surface area contributed by atoms with E-state index < -0.39 is 0 Å². The fourth-order valence-corrected chi connectivity index (χ4v) is 4.66. The number of nitrogens with zero attached hydrogens (tertiary/aromatic N) is 3. The molecule has 1 aliphatic heterocycles. The van der Waals surface area contributed by atoms with Crippen molar-refractivity contribution in [3.05, 3.63) is 65.5 Å². The third kappa shape index (κ3) is 4.57. The molecule has 2 aromatic carbocycles. The normalized spacial score (nSPS) is 17.1. The number of rotatable bonds is 6. The molecule has 1 saturated carbocycles. The summed E-state index contributed by atoms with van der Waals surface area (Å²) in [5, 5.41) is 10.3. The molecular formula is C23H25N5OS. The zero-order chi connectivity index (χ0) is 20.3. The van der Waals surface area contributed by atoms with Crippen LogP contribution in [0.2, 0.25) is 0 Å². The lowest BCUT2D eigenvalue weighted by Crippen LogP contribution is -2.32. The van der Waals surface area contributed by atoms with E-state index in [9.17, 15) is 4.79 Å². The topological polar surface area (TPSA) is 73.9 Å². The lowest BCUT2D eigenvalue weighted by Gasteiger charge is -2.26. The Morgan fingerprint density at radius 1 is 1.13 bits per heavy atom. The summed E-state index contributed by atoms with van der Waals surface area (Å²) < 4.78 is 0. The minimum Gasteiger partial charge on any atom is -0.322 e. The molecule has 1 saturated heterocycles. The van der Waals surface area contributed by atoms with Gasteiger partial charge in [0, 0.05) is 53.9 Å². The first kappa shape index (κ1) is 19.3. The van der Waals surface area contributed by atoms with Crippen molar-refractivity contribution < 1.29 is 4.79 Å². The van der Waals surface area contributed by atoms with Gasteiger partial charge >= 0.3 is 0 Å². The number of carbonyl (C=O) groups is 1. The van der Waals surface area contributed by atoms with Gasteiger partial charge in [0.15, 0.2) is 5.82 Å². The fraction of sp³-hybridized carbons (Fsp3) is 0.348. The molecule has 2 heterocycles. The van der Waals surface area contributed by atoms with Gasteiger partial charge in [-0.15, -0.1) is 0 Å². The van der Waals surface area contributed by atoms with Crippen LogP contribution in [0.5, 0.6) is 0 Å². The Bertz CT molecular complexity index is 1020. The fourth-order valence-electron chi connectivity index (χ4n) is 3.68. The van der Waals surface area contributed by atoms with Crippen molar-refractivity contribution in [3.63, 3.8) is 0 Å². The van der Waals surface area contributed by atoms with Gasteiger partial charge in [0.1, 0.15) is 5.82 Å². The summed E-state index contributed by atoms with van der Waals surface area (Å²) in [6, 6.07) is 15.6. The second-order valence-electron chi connectivity index (χ2n) is 7.94. The van der Waals surface area contributed by atoms with E-state index in [0.29, 0.717) is 17.3 Å². The van der Waals surface area contributed by atoms with E-state index in [1.165, 1.54) is 29.9 Å². The number of anilines is 1. The molecule has 3 aromatic rings. The van der Waals surface area contributed by atoms with Crippen LogP contribution < -0.4 is 5.32 Å². The summed E-state index contributed by atoms with van der Waals surface area (Å²) >= 11 is 2.01. The molecule has 0 bridgehead atoms. The Balaban J connectivity index is 1.23. The van der Waals surface area contributed by atoms with Crippen molar-refractivity contribution in [2.45, 2.75) is 25.3 Å². The number of benzene rings is 2. The van der Waals surface area contributed by atoms with E-state index in [0.717, 1.165) is 36.7 Å². The average molecular weight is 420 g/mol. The van der Waals surface area contributed by atoms with E-state index >= 15 is 0 Å². The maximum absolute atomic E-state index is 12.7. The van der Waals surface area contributed by atoms with Crippen LogP contribution in [0.1, 0.15) is 40.5 Å². The minimum atomic E-state index is -0.0901. The van der Waals surface area contributed by atoms with Crippen molar-refractivity contribution in [2.75, 3.05) is 29.9 Å². The first-order valence-corrected chi connectivity index (χ1v) is 11.6. The van der Waals surface area contributed by atoms with Crippen LogP contribution in [0, 0.1) is 0 Å². The number of hydrogen-bond acceptors (Lipinski definition) is 5. The number of carbonyl (C=O) groups excluding carboxylic acids is 1. The van der Waals surface area contributed by atoms with E-state index in [4.69, 9.17) is 0 Å². The third-order valence-corrected chi connectivity index (χ3v) is 6.51. The van der Waals surface area contributed by atoms with Crippen molar-refractivity contribution >= 4 is 23.4 Å². The molecule has 0 unspecified atom stereocenters. The second kappa shape index (κ2) is 8.62. The molecule has 2 N–H and O–H groups in total. The highest BCUT2D eigenvalue weighted by molar-refractivity contribution is 7.99. The van der Waals surface area contributed by atoms with Crippen LogP contribution in [0.15, 0.2) is 48.5 Å². The molecule has 0 atom stereocenters. The van der Waals surface area contributed by atoms with Crippen LogP contribution >= 0.6 is 11.8 Å². The lowest BCUT2D eigenvalue weighted by molar-refractivity contribution is 0.102. The number of aromatic amines is 1. The van der Waals surface area contributed by atoms with Gasteiger partial charge in [0.25, 0.3) is 5.91 Å². The van der Waals surface area contributed by atoms with Crippen molar-refractivity contribution in [1.29, 1.82) is 0 Å². The molecule has 7 heteroatoms. The maximum Gasteiger partial charge on any atom is 0.255 e. The molecule has 1 aliphatic carbocycles. The van der Waals surface area contributed by atoms with Gasteiger partial charge in [-0.2, -0.15) is 16.9 Å². The molecule has 1 amide bonds. The summed E-state index contributed by atoms with van der Waals surface area (Å²) in [5.74, 6) is 4.52. The number of nitrogens with one attached hydrogen (secondary N) is 2. The summed E-state index contributed by atoms with van der Waals surface area (Å²) in [6.45, 7) is 3.12. The van der Waals surface area contributed by atoms with Crippen LogP contribution in [0.3, 0.4) is 0 Å². The third-order valence-electron chi connectivity index (χ3n) is 5.57. The summed E-state index contributed by atoms with van der Waals surface area (Å²) in [6.07, 6.45) is 2.38. The van der Waals surface area contributed by atoms with Gasteiger partial charge in [-0.25, -0.2) is 4.98 Å². The van der Waals surface area contributed by atoms with Crippen LogP contribution in [0.4, 0.5) is 5.69 Å². The molecule has 2 aliphatic rings. The Morgan fingerprint density at radius 3 is 2.70 bits per heavy atom. The van der Waals surface area contributed by atoms with Crippen LogP contribution in [-0.4, -0.2) is 50.6 Å². The number of thioether (sulfide) groups is 1. The van der Waals surface area contributed by atoms with E-state index in [-0.39, 0.29) is 5.91 Å². The highest BCUT2D eigenvalue weighted by Gasteiger charge is 2.27. The highest BCUT2D eigenvalue weighted by atomic mass is 32.2. The van der Waals surface area contributed by atoms with Gasteiger partial charge in [-0.3, -0.25) is 14.8 Å². The van der Waals surface area contributed by atoms with Gasteiger partial charge in [0.2, 0.25) is 0 Å². The SMILES string of the molecule is O=C(Nc1ccc(-c2n[nH]c(C3CC3)n2)cc1)c1cccc(CN2CCSCC2)c1. The Labute approximate surface area is 180 Å². The molecule has 5 rings (SSSR count). The van der Waals surface area contributed by atoms with Crippen LogP contribution in [0.25, 0.3) is 11.4 Å².